The first-order valence-corrected chi connectivity index (χ1v) is 9.23. The van der Waals surface area contributed by atoms with E-state index in [2.05, 4.69) is 6.07 Å². The number of hydrogen-bond acceptors (Lipinski definition) is 3. The van der Waals surface area contributed by atoms with Gasteiger partial charge in [-0.15, -0.1) is 0 Å². The molecule has 1 aromatic carbocycles. The van der Waals surface area contributed by atoms with E-state index >= 15 is 0 Å². The highest BCUT2D eigenvalue weighted by Crippen LogP contribution is 2.26. The zero-order chi connectivity index (χ0) is 15.7. The van der Waals surface area contributed by atoms with E-state index in [-0.39, 0.29) is 18.4 Å². The van der Waals surface area contributed by atoms with Crippen molar-refractivity contribution >= 4 is 16.0 Å². The van der Waals surface area contributed by atoms with Crippen molar-refractivity contribution in [3.8, 4) is 0 Å². The Labute approximate surface area is 132 Å². The molecule has 2 aliphatic rings. The Kier molecular flexibility index (Phi) is 4.34. The summed E-state index contributed by atoms with van der Waals surface area (Å²) in [5, 5.41) is 0. The summed E-state index contributed by atoms with van der Waals surface area (Å²) >= 11 is 0. The van der Waals surface area contributed by atoms with E-state index in [0.29, 0.717) is 19.5 Å². The van der Waals surface area contributed by atoms with Crippen LogP contribution >= 0.6 is 0 Å². The van der Waals surface area contributed by atoms with Crippen molar-refractivity contribution in [1.82, 2.24) is 8.61 Å². The maximum atomic E-state index is 13.0. The van der Waals surface area contributed by atoms with Gasteiger partial charge >= 0.3 is 0 Å². The third-order valence-electron chi connectivity index (χ3n) is 4.62. The van der Waals surface area contributed by atoms with Crippen LogP contribution in [0.25, 0.3) is 0 Å². The van der Waals surface area contributed by atoms with Gasteiger partial charge in [-0.3, -0.25) is 4.79 Å². The molecule has 0 unspecified atom stereocenters. The maximum absolute atomic E-state index is 13.0. The fourth-order valence-electron chi connectivity index (χ4n) is 3.27. The van der Waals surface area contributed by atoms with E-state index < -0.39 is 10.2 Å². The molecule has 1 aromatic rings. The van der Waals surface area contributed by atoms with E-state index in [9.17, 15) is 13.2 Å². The average molecular weight is 322 g/mol. The lowest BCUT2D eigenvalue weighted by atomic mass is 10.0. The molecule has 120 valence electrons. The molecule has 5 nitrogen and oxygen atoms in total. The van der Waals surface area contributed by atoms with E-state index in [1.807, 2.05) is 25.1 Å². The quantitative estimate of drug-likeness (QED) is 0.833. The number of carbonyl (C=O) groups is 1. The largest absolute Gasteiger partial charge is 0.298 e. The zero-order valence-electron chi connectivity index (χ0n) is 12.9. The Morgan fingerprint density at radius 2 is 1.82 bits per heavy atom. The van der Waals surface area contributed by atoms with Crippen LogP contribution in [0.1, 0.15) is 37.3 Å². The van der Waals surface area contributed by atoms with Gasteiger partial charge in [-0.1, -0.05) is 24.3 Å². The zero-order valence-corrected chi connectivity index (χ0v) is 13.7. The fourth-order valence-corrected chi connectivity index (χ4v) is 5.06. The van der Waals surface area contributed by atoms with Crippen LogP contribution in [-0.4, -0.2) is 41.9 Å². The molecule has 0 aliphatic carbocycles. The van der Waals surface area contributed by atoms with Crippen molar-refractivity contribution < 1.29 is 13.2 Å². The predicted molar refractivity (Wildman–Crippen MR) is 84.5 cm³/mol. The minimum absolute atomic E-state index is 0.0155. The lowest BCUT2D eigenvalue weighted by molar-refractivity contribution is -0.119. The van der Waals surface area contributed by atoms with Gasteiger partial charge in [0.15, 0.2) is 0 Å². The lowest BCUT2D eigenvalue weighted by Crippen LogP contribution is -2.50. The summed E-state index contributed by atoms with van der Waals surface area (Å²) in [4.78, 5) is 11.8. The van der Waals surface area contributed by atoms with Gasteiger partial charge in [-0.25, -0.2) is 0 Å². The van der Waals surface area contributed by atoms with Crippen LogP contribution in [0.15, 0.2) is 24.3 Å². The van der Waals surface area contributed by atoms with Gasteiger partial charge in [0, 0.05) is 25.6 Å². The number of ketones is 1. The number of hydrogen-bond donors (Lipinski definition) is 0. The molecule has 0 spiro atoms. The fraction of sp³-hybridized carbons (Fsp3) is 0.562. The lowest BCUT2D eigenvalue weighted by Gasteiger charge is -2.34. The van der Waals surface area contributed by atoms with Crippen molar-refractivity contribution in [2.45, 2.75) is 45.2 Å². The highest BCUT2D eigenvalue weighted by Gasteiger charge is 2.37. The summed E-state index contributed by atoms with van der Waals surface area (Å²) in [7, 11) is -3.59. The molecule has 1 atom stereocenters. The second-order valence-electron chi connectivity index (χ2n) is 6.19. The van der Waals surface area contributed by atoms with E-state index in [1.54, 1.807) is 0 Å². The second-order valence-corrected chi connectivity index (χ2v) is 8.07. The third kappa shape index (κ3) is 2.95. The van der Waals surface area contributed by atoms with Crippen LogP contribution in [0.4, 0.5) is 0 Å². The first kappa shape index (κ1) is 15.6. The third-order valence-corrected chi connectivity index (χ3v) is 6.67. The van der Waals surface area contributed by atoms with Crippen LogP contribution in [0.3, 0.4) is 0 Å². The standard InChI is InChI=1S/C16H22N2O3S/c1-13-5-4-8-16(19)12-18(13)22(20,21)17-10-9-14-6-2-3-7-15(14)11-17/h2-3,6-7,13H,4-5,8-12H2,1H3/t13-/m1/s1. The molecule has 0 aromatic heterocycles. The molecule has 0 saturated carbocycles. The average Bonchev–Trinajstić information content (AvgIpc) is 2.68. The van der Waals surface area contributed by atoms with Crippen LogP contribution in [0.5, 0.6) is 0 Å². The normalized spacial score (nSPS) is 24.8. The number of fused-ring (bicyclic) bond motifs is 1. The van der Waals surface area contributed by atoms with Gasteiger partial charge in [0.2, 0.25) is 0 Å². The van der Waals surface area contributed by atoms with Crippen LogP contribution < -0.4 is 0 Å². The Bertz CT molecular complexity index is 672. The first-order valence-electron chi connectivity index (χ1n) is 7.84. The van der Waals surface area contributed by atoms with Crippen molar-refractivity contribution in [2.24, 2.45) is 0 Å². The molecule has 2 aliphatic heterocycles. The second kappa shape index (κ2) is 6.10. The summed E-state index contributed by atoms with van der Waals surface area (Å²) in [6.45, 7) is 2.79. The highest BCUT2D eigenvalue weighted by atomic mass is 32.2. The number of carbonyl (C=O) groups excluding carboxylic acids is 1. The highest BCUT2D eigenvalue weighted by molar-refractivity contribution is 7.86. The minimum Gasteiger partial charge on any atom is -0.298 e. The molecular weight excluding hydrogens is 300 g/mol. The molecule has 2 heterocycles. The first-order chi connectivity index (χ1) is 10.5. The van der Waals surface area contributed by atoms with Crippen LogP contribution in [0.2, 0.25) is 0 Å². The molecule has 0 bridgehead atoms. The molecule has 6 heteroatoms. The summed E-state index contributed by atoms with van der Waals surface area (Å²) < 4.78 is 28.8. The molecule has 3 rings (SSSR count). The van der Waals surface area contributed by atoms with Gasteiger partial charge in [-0.05, 0) is 37.3 Å². The number of rotatable bonds is 2. The topological polar surface area (TPSA) is 57.7 Å². The molecule has 1 saturated heterocycles. The van der Waals surface area contributed by atoms with Gasteiger partial charge < -0.3 is 0 Å². The Hall–Kier alpha value is -1.24. The molecule has 22 heavy (non-hydrogen) atoms. The molecule has 0 amide bonds. The summed E-state index contributed by atoms with van der Waals surface area (Å²) in [6.07, 6.45) is 2.73. The Morgan fingerprint density at radius 1 is 1.09 bits per heavy atom. The van der Waals surface area contributed by atoms with Crippen molar-refractivity contribution in [3.05, 3.63) is 35.4 Å². The Morgan fingerprint density at radius 3 is 2.59 bits per heavy atom. The van der Waals surface area contributed by atoms with Gasteiger partial charge in [0.1, 0.15) is 5.78 Å². The van der Waals surface area contributed by atoms with Crippen LogP contribution in [-0.2, 0) is 28.0 Å². The summed E-state index contributed by atoms with van der Waals surface area (Å²) in [6, 6.07) is 7.84. The molecule has 0 radical (unpaired) electrons. The summed E-state index contributed by atoms with van der Waals surface area (Å²) in [5.41, 5.74) is 2.28. The number of Topliss-reactive ketones (excluding diaryl/α,β-unsaturated/α-hetero) is 1. The SMILES string of the molecule is C[C@@H]1CCCC(=O)CN1S(=O)(=O)N1CCc2ccccc2C1. The maximum Gasteiger partial charge on any atom is 0.282 e. The minimum atomic E-state index is -3.59. The van der Waals surface area contributed by atoms with Crippen molar-refractivity contribution in [3.63, 3.8) is 0 Å². The number of nitrogens with zero attached hydrogens (tertiary/aromatic N) is 2. The van der Waals surface area contributed by atoms with E-state index in [1.165, 1.54) is 14.2 Å². The molecule has 0 N–H and O–H groups in total. The van der Waals surface area contributed by atoms with E-state index in [4.69, 9.17) is 0 Å². The molecule has 1 fully saturated rings. The van der Waals surface area contributed by atoms with Gasteiger partial charge in [-0.2, -0.15) is 17.0 Å². The summed E-state index contributed by atoms with van der Waals surface area (Å²) in [5.74, 6) is 0.0188. The number of benzene rings is 1. The van der Waals surface area contributed by atoms with Gasteiger partial charge in [0.05, 0.1) is 6.54 Å². The predicted octanol–water partition coefficient (Wildman–Crippen LogP) is 1.73. The van der Waals surface area contributed by atoms with Gasteiger partial charge in [0.25, 0.3) is 10.2 Å². The van der Waals surface area contributed by atoms with Crippen LogP contribution in [0, 0.1) is 0 Å². The monoisotopic (exact) mass is 322 g/mol. The smallest absolute Gasteiger partial charge is 0.282 e. The van der Waals surface area contributed by atoms with E-state index in [0.717, 1.165) is 24.8 Å². The van der Waals surface area contributed by atoms with Crippen molar-refractivity contribution in [2.75, 3.05) is 13.1 Å². The molecular formula is C16H22N2O3S. The van der Waals surface area contributed by atoms with Crippen molar-refractivity contribution in [1.29, 1.82) is 0 Å². The Balaban J connectivity index is 1.85.